The molecule has 0 aromatic heterocycles. The molecule has 0 radical (unpaired) electrons. The van der Waals surface area contributed by atoms with Crippen molar-refractivity contribution in [2.75, 3.05) is 19.6 Å². The third-order valence-electron chi connectivity index (χ3n) is 5.78. The molecule has 1 saturated carbocycles. The number of likely N-dealkylation sites (tertiary alicyclic amines) is 1. The van der Waals surface area contributed by atoms with Crippen LogP contribution in [0, 0.1) is 11.8 Å². The van der Waals surface area contributed by atoms with Gasteiger partial charge >= 0.3 is 0 Å². The molecule has 1 aliphatic carbocycles. The molecule has 0 spiro atoms. The quantitative estimate of drug-likeness (QED) is 0.909. The number of aliphatic hydroxyl groups excluding tert-OH is 1. The van der Waals surface area contributed by atoms with E-state index in [1.54, 1.807) is 0 Å². The number of benzene rings is 2. The van der Waals surface area contributed by atoms with E-state index in [2.05, 4.69) is 4.90 Å². The zero-order chi connectivity index (χ0) is 16.6. The van der Waals surface area contributed by atoms with Crippen LogP contribution >= 0.6 is 0 Å². The lowest BCUT2D eigenvalue weighted by molar-refractivity contribution is 0.0288. The van der Waals surface area contributed by atoms with Gasteiger partial charge in [-0.2, -0.15) is 0 Å². The van der Waals surface area contributed by atoms with E-state index in [1.165, 1.54) is 0 Å². The van der Waals surface area contributed by atoms with Crippen molar-refractivity contribution in [2.24, 2.45) is 11.8 Å². The van der Waals surface area contributed by atoms with E-state index in [4.69, 9.17) is 0 Å². The number of hydrogen-bond donors (Lipinski definition) is 2. The van der Waals surface area contributed by atoms with Crippen LogP contribution in [-0.4, -0.2) is 34.7 Å². The van der Waals surface area contributed by atoms with Gasteiger partial charge in [0.2, 0.25) is 0 Å². The Hall–Kier alpha value is -1.68. The van der Waals surface area contributed by atoms with E-state index >= 15 is 0 Å². The first kappa shape index (κ1) is 15.8. The largest absolute Gasteiger partial charge is 0.387 e. The summed E-state index contributed by atoms with van der Waals surface area (Å²) in [5.41, 5.74) is 1.37. The molecule has 2 aromatic carbocycles. The Morgan fingerprint density at radius 2 is 1.46 bits per heavy atom. The minimum absolute atomic E-state index is 0.432. The van der Waals surface area contributed by atoms with E-state index in [1.807, 2.05) is 60.7 Å². The minimum Gasteiger partial charge on any atom is -0.387 e. The SMILES string of the molecule is OC(CN1C[C@@H]2CC(O)(c3ccccc3)C[C@@H]2C1)c1ccccc1. The van der Waals surface area contributed by atoms with Crippen molar-refractivity contribution < 1.29 is 10.2 Å². The summed E-state index contributed by atoms with van der Waals surface area (Å²) in [4.78, 5) is 2.36. The average molecular weight is 323 g/mol. The Morgan fingerprint density at radius 1 is 0.917 bits per heavy atom. The van der Waals surface area contributed by atoms with Gasteiger partial charge in [-0.15, -0.1) is 0 Å². The summed E-state index contributed by atoms with van der Waals surface area (Å²) in [6.45, 7) is 2.63. The van der Waals surface area contributed by atoms with Crippen LogP contribution in [-0.2, 0) is 5.60 Å². The fourth-order valence-corrected chi connectivity index (χ4v) is 4.61. The fourth-order valence-electron chi connectivity index (χ4n) is 4.61. The number of rotatable bonds is 4. The first-order valence-corrected chi connectivity index (χ1v) is 8.87. The number of nitrogens with zero attached hydrogens (tertiary/aromatic N) is 1. The average Bonchev–Trinajstić information content (AvgIpc) is 3.11. The second-order valence-corrected chi connectivity index (χ2v) is 7.47. The molecular weight excluding hydrogens is 298 g/mol. The van der Waals surface area contributed by atoms with Crippen LogP contribution in [0.2, 0.25) is 0 Å². The van der Waals surface area contributed by atoms with Crippen molar-refractivity contribution >= 4 is 0 Å². The molecule has 2 aliphatic rings. The summed E-state index contributed by atoms with van der Waals surface area (Å²) >= 11 is 0. The van der Waals surface area contributed by atoms with E-state index in [0.29, 0.717) is 18.4 Å². The molecule has 3 heteroatoms. The molecule has 1 aliphatic heterocycles. The van der Waals surface area contributed by atoms with E-state index in [-0.39, 0.29) is 0 Å². The molecule has 2 N–H and O–H groups in total. The normalized spacial score (nSPS) is 31.1. The lowest BCUT2D eigenvalue weighted by atomic mass is 9.90. The van der Waals surface area contributed by atoms with Gasteiger partial charge in [0, 0.05) is 19.6 Å². The highest BCUT2D eigenvalue weighted by Gasteiger charge is 2.48. The lowest BCUT2D eigenvalue weighted by Crippen LogP contribution is -2.30. The van der Waals surface area contributed by atoms with E-state index < -0.39 is 11.7 Å². The third kappa shape index (κ3) is 3.00. The highest BCUT2D eigenvalue weighted by atomic mass is 16.3. The van der Waals surface area contributed by atoms with Crippen LogP contribution in [0.3, 0.4) is 0 Å². The van der Waals surface area contributed by atoms with Crippen molar-refractivity contribution in [3.63, 3.8) is 0 Å². The zero-order valence-corrected chi connectivity index (χ0v) is 13.9. The van der Waals surface area contributed by atoms with Crippen LogP contribution in [0.1, 0.15) is 30.1 Å². The Balaban J connectivity index is 1.38. The minimum atomic E-state index is -0.666. The molecule has 4 atom stereocenters. The summed E-state index contributed by atoms with van der Waals surface area (Å²) in [5, 5.41) is 21.5. The third-order valence-corrected chi connectivity index (χ3v) is 5.78. The first-order valence-electron chi connectivity index (χ1n) is 8.87. The van der Waals surface area contributed by atoms with E-state index in [0.717, 1.165) is 37.1 Å². The predicted molar refractivity (Wildman–Crippen MR) is 94.4 cm³/mol. The van der Waals surface area contributed by atoms with Crippen molar-refractivity contribution in [3.05, 3.63) is 71.8 Å². The van der Waals surface area contributed by atoms with Crippen molar-refractivity contribution in [1.29, 1.82) is 0 Å². The number of fused-ring (bicyclic) bond motifs is 1. The highest BCUT2D eigenvalue weighted by Crippen LogP contribution is 2.49. The monoisotopic (exact) mass is 323 g/mol. The van der Waals surface area contributed by atoms with Gasteiger partial charge in [-0.05, 0) is 35.8 Å². The standard InChI is InChI=1S/C21H25NO2/c23-20(16-7-3-1-4-8-16)15-22-13-17-11-21(24,12-18(17)14-22)19-9-5-2-6-10-19/h1-10,17-18,20,23-24H,11-15H2/t17-,18+,20?,21?. The summed E-state index contributed by atoms with van der Waals surface area (Å²) in [5.74, 6) is 1.05. The van der Waals surface area contributed by atoms with Gasteiger partial charge in [-0.25, -0.2) is 0 Å². The van der Waals surface area contributed by atoms with Crippen LogP contribution in [0.5, 0.6) is 0 Å². The Labute approximate surface area is 143 Å². The van der Waals surface area contributed by atoms with Crippen molar-refractivity contribution in [1.82, 2.24) is 4.90 Å². The molecule has 1 heterocycles. The molecule has 3 nitrogen and oxygen atoms in total. The molecule has 24 heavy (non-hydrogen) atoms. The van der Waals surface area contributed by atoms with Crippen LogP contribution in [0.4, 0.5) is 0 Å². The molecule has 2 aromatic rings. The van der Waals surface area contributed by atoms with Crippen molar-refractivity contribution in [3.8, 4) is 0 Å². The molecule has 126 valence electrons. The summed E-state index contributed by atoms with van der Waals surface area (Å²) in [6.07, 6.45) is 1.23. The maximum absolute atomic E-state index is 11.0. The maximum Gasteiger partial charge on any atom is 0.0916 e. The Bertz CT molecular complexity index is 659. The summed E-state index contributed by atoms with van der Waals surface area (Å²) < 4.78 is 0. The molecular formula is C21H25NO2. The second-order valence-electron chi connectivity index (χ2n) is 7.47. The molecule has 2 fully saturated rings. The van der Waals surface area contributed by atoms with Crippen LogP contribution in [0.15, 0.2) is 60.7 Å². The molecule has 0 bridgehead atoms. The predicted octanol–water partition coefficient (Wildman–Crippen LogP) is 2.95. The molecule has 4 rings (SSSR count). The van der Waals surface area contributed by atoms with Gasteiger partial charge in [-0.1, -0.05) is 60.7 Å². The second kappa shape index (κ2) is 6.32. The molecule has 0 amide bonds. The van der Waals surface area contributed by atoms with E-state index in [9.17, 15) is 10.2 Å². The van der Waals surface area contributed by atoms with Gasteiger partial charge in [0.15, 0.2) is 0 Å². The van der Waals surface area contributed by atoms with Crippen LogP contribution < -0.4 is 0 Å². The zero-order valence-electron chi connectivity index (χ0n) is 13.9. The van der Waals surface area contributed by atoms with Gasteiger partial charge < -0.3 is 10.2 Å². The topological polar surface area (TPSA) is 43.7 Å². The number of hydrogen-bond acceptors (Lipinski definition) is 3. The number of aliphatic hydroxyl groups is 2. The molecule has 1 saturated heterocycles. The Kier molecular flexibility index (Phi) is 4.17. The van der Waals surface area contributed by atoms with Gasteiger partial charge in [0.1, 0.15) is 0 Å². The smallest absolute Gasteiger partial charge is 0.0916 e. The Morgan fingerprint density at radius 3 is 2.04 bits per heavy atom. The fraction of sp³-hybridized carbons (Fsp3) is 0.429. The summed E-state index contributed by atoms with van der Waals surface area (Å²) in [7, 11) is 0. The van der Waals surface area contributed by atoms with Gasteiger partial charge in [-0.3, -0.25) is 4.90 Å². The van der Waals surface area contributed by atoms with Gasteiger partial charge in [0.05, 0.1) is 11.7 Å². The van der Waals surface area contributed by atoms with Crippen LogP contribution in [0.25, 0.3) is 0 Å². The summed E-state index contributed by atoms with van der Waals surface area (Å²) in [6, 6.07) is 20.0. The first-order chi connectivity index (χ1) is 11.6. The number of β-amino-alcohol motifs (C(OH)–C–C–N with tert-alkyl or cyclic N) is 1. The van der Waals surface area contributed by atoms with Gasteiger partial charge in [0.25, 0.3) is 0 Å². The maximum atomic E-state index is 11.0. The highest BCUT2D eigenvalue weighted by molar-refractivity contribution is 5.25. The lowest BCUT2D eigenvalue weighted by Gasteiger charge is -2.27. The molecule has 2 unspecified atom stereocenters. The van der Waals surface area contributed by atoms with Crippen molar-refractivity contribution in [2.45, 2.75) is 24.5 Å².